The lowest BCUT2D eigenvalue weighted by atomic mass is 10.0. The molecule has 0 heterocycles. The van der Waals surface area contributed by atoms with Gasteiger partial charge in [0.25, 0.3) is 0 Å². The van der Waals surface area contributed by atoms with Crippen LogP contribution < -0.4 is 10.6 Å². The Balaban J connectivity index is 3.07. The van der Waals surface area contributed by atoms with Crippen LogP contribution in [-0.4, -0.2) is 24.3 Å². The van der Waals surface area contributed by atoms with Crippen molar-refractivity contribution >= 4 is 5.69 Å². The fourth-order valence-corrected chi connectivity index (χ4v) is 2.16. The topological polar surface area (TPSA) is 49.5 Å². The minimum absolute atomic E-state index is 0.229. The molecule has 17 heavy (non-hydrogen) atoms. The van der Waals surface area contributed by atoms with Gasteiger partial charge in [-0.05, 0) is 38.3 Å². The molecule has 1 aromatic rings. The fraction of sp³-hybridized carbons (Fsp3) is 0.571. The molecule has 1 rings (SSSR count). The summed E-state index contributed by atoms with van der Waals surface area (Å²) in [6, 6.07) is 6.65. The first-order valence-electron chi connectivity index (χ1n) is 6.27. The van der Waals surface area contributed by atoms with Crippen molar-refractivity contribution in [1.29, 1.82) is 0 Å². The summed E-state index contributed by atoms with van der Waals surface area (Å²) in [6.07, 6.45) is 0.788. The molecule has 0 amide bonds. The number of aryl methyl sites for hydroxylation is 1. The van der Waals surface area contributed by atoms with Crippen LogP contribution in [0.5, 0.6) is 0 Å². The van der Waals surface area contributed by atoms with Gasteiger partial charge in [-0.3, -0.25) is 0 Å². The van der Waals surface area contributed by atoms with Crippen LogP contribution in [-0.2, 0) is 6.54 Å². The average molecular weight is 236 g/mol. The molecule has 0 bridgehead atoms. The Morgan fingerprint density at radius 1 is 1.35 bits per heavy atom. The molecule has 96 valence electrons. The molecule has 0 fully saturated rings. The third-order valence-electron chi connectivity index (χ3n) is 3.01. The lowest BCUT2D eigenvalue weighted by Gasteiger charge is -2.32. The Labute approximate surface area is 104 Å². The van der Waals surface area contributed by atoms with Crippen molar-refractivity contribution in [3.63, 3.8) is 0 Å². The lowest BCUT2D eigenvalue weighted by molar-refractivity contribution is 0.288. The Kier molecular flexibility index (Phi) is 5.45. The Hall–Kier alpha value is -1.06. The second-order valence-corrected chi connectivity index (χ2v) is 4.65. The monoisotopic (exact) mass is 236 g/mol. The summed E-state index contributed by atoms with van der Waals surface area (Å²) in [4.78, 5) is 2.33. The molecule has 0 saturated heterocycles. The van der Waals surface area contributed by atoms with E-state index < -0.39 is 0 Å². The highest BCUT2D eigenvalue weighted by Gasteiger charge is 2.15. The van der Waals surface area contributed by atoms with Gasteiger partial charge in [0.1, 0.15) is 0 Å². The minimum Gasteiger partial charge on any atom is -0.396 e. The van der Waals surface area contributed by atoms with Crippen molar-refractivity contribution in [2.75, 3.05) is 18.1 Å². The van der Waals surface area contributed by atoms with E-state index >= 15 is 0 Å². The molecule has 0 aliphatic rings. The van der Waals surface area contributed by atoms with E-state index in [1.54, 1.807) is 0 Å². The van der Waals surface area contributed by atoms with E-state index in [1.807, 2.05) is 6.07 Å². The van der Waals surface area contributed by atoms with Crippen LogP contribution in [0, 0.1) is 6.92 Å². The van der Waals surface area contributed by atoms with E-state index in [2.05, 4.69) is 37.8 Å². The Morgan fingerprint density at radius 3 is 2.59 bits per heavy atom. The average Bonchev–Trinajstić information content (AvgIpc) is 2.30. The third-order valence-corrected chi connectivity index (χ3v) is 3.01. The molecule has 0 unspecified atom stereocenters. The van der Waals surface area contributed by atoms with E-state index in [4.69, 9.17) is 10.8 Å². The summed E-state index contributed by atoms with van der Waals surface area (Å²) in [7, 11) is 0. The number of benzene rings is 1. The molecule has 3 heteroatoms. The van der Waals surface area contributed by atoms with Crippen LogP contribution in [0.4, 0.5) is 5.69 Å². The number of nitrogens with two attached hydrogens (primary N) is 1. The summed E-state index contributed by atoms with van der Waals surface area (Å²) < 4.78 is 0. The van der Waals surface area contributed by atoms with Gasteiger partial charge in [-0.1, -0.05) is 18.2 Å². The Bertz CT molecular complexity index is 350. The van der Waals surface area contributed by atoms with Gasteiger partial charge in [0.15, 0.2) is 0 Å². The highest BCUT2D eigenvalue weighted by atomic mass is 16.3. The number of para-hydroxylation sites is 1. The third kappa shape index (κ3) is 3.45. The van der Waals surface area contributed by atoms with E-state index in [-0.39, 0.29) is 6.61 Å². The highest BCUT2D eigenvalue weighted by Crippen LogP contribution is 2.26. The number of nitrogens with zero attached hydrogens (tertiary/aromatic N) is 1. The maximum atomic E-state index is 8.99. The van der Waals surface area contributed by atoms with Crippen LogP contribution in [0.15, 0.2) is 18.2 Å². The largest absolute Gasteiger partial charge is 0.396 e. The molecule has 3 N–H and O–H groups in total. The van der Waals surface area contributed by atoms with E-state index in [0.717, 1.165) is 13.0 Å². The minimum atomic E-state index is 0.229. The van der Waals surface area contributed by atoms with Crippen molar-refractivity contribution in [1.82, 2.24) is 0 Å². The molecule has 0 atom stereocenters. The van der Waals surface area contributed by atoms with E-state index in [9.17, 15) is 0 Å². The number of aliphatic hydroxyl groups excluding tert-OH is 1. The molecular weight excluding hydrogens is 212 g/mol. The summed E-state index contributed by atoms with van der Waals surface area (Å²) in [6.45, 7) is 8.11. The molecule has 1 aromatic carbocycles. The highest BCUT2D eigenvalue weighted by molar-refractivity contribution is 5.59. The lowest BCUT2D eigenvalue weighted by Crippen LogP contribution is -2.34. The first kappa shape index (κ1) is 14.0. The van der Waals surface area contributed by atoms with Crippen molar-refractivity contribution in [2.45, 2.75) is 39.8 Å². The first-order valence-corrected chi connectivity index (χ1v) is 6.27. The Morgan fingerprint density at radius 2 is 2.06 bits per heavy atom. The maximum Gasteiger partial charge on any atom is 0.0447 e. The van der Waals surface area contributed by atoms with Gasteiger partial charge in [-0.15, -0.1) is 0 Å². The fourth-order valence-electron chi connectivity index (χ4n) is 2.16. The summed E-state index contributed by atoms with van der Waals surface area (Å²) in [5.74, 6) is 0. The van der Waals surface area contributed by atoms with E-state index in [1.165, 1.54) is 16.8 Å². The second-order valence-electron chi connectivity index (χ2n) is 4.65. The summed E-state index contributed by atoms with van der Waals surface area (Å²) >= 11 is 0. The zero-order chi connectivity index (χ0) is 12.8. The van der Waals surface area contributed by atoms with Crippen molar-refractivity contribution < 1.29 is 5.11 Å². The molecule has 0 aromatic heterocycles. The predicted molar refractivity (Wildman–Crippen MR) is 73.3 cm³/mol. The van der Waals surface area contributed by atoms with Crippen LogP contribution >= 0.6 is 0 Å². The summed E-state index contributed by atoms with van der Waals surface area (Å²) in [5, 5.41) is 8.99. The second kappa shape index (κ2) is 6.62. The molecular formula is C14H24N2O. The van der Waals surface area contributed by atoms with Crippen molar-refractivity contribution in [3.05, 3.63) is 29.3 Å². The molecule has 0 radical (unpaired) electrons. The molecule has 0 aliphatic carbocycles. The normalized spacial score (nSPS) is 10.9. The number of rotatable bonds is 6. The standard InChI is InChI=1S/C14H24N2O/c1-11(2)16(8-5-9-17)14-12(3)6-4-7-13(14)10-15/h4,6-7,11,17H,5,8-10,15H2,1-3H3. The number of hydrogen-bond acceptors (Lipinski definition) is 3. The first-order chi connectivity index (χ1) is 8.11. The molecule has 0 aliphatic heterocycles. The number of aliphatic hydroxyl groups is 1. The van der Waals surface area contributed by atoms with Crippen LogP contribution in [0.3, 0.4) is 0 Å². The van der Waals surface area contributed by atoms with Crippen LogP contribution in [0.2, 0.25) is 0 Å². The molecule has 3 nitrogen and oxygen atoms in total. The molecule has 0 spiro atoms. The van der Waals surface area contributed by atoms with Gasteiger partial charge in [0.2, 0.25) is 0 Å². The van der Waals surface area contributed by atoms with Gasteiger partial charge >= 0.3 is 0 Å². The van der Waals surface area contributed by atoms with Gasteiger partial charge in [-0.2, -0.15) is 0 Å². The quantitative estimate of drug-likeness (QED) is 0.795. The zero-order valence-corrected chi connectivity index (χ0v) is 11.1. The predicted octanol–water partition coefficient (Wildman–Crippen LogP) is 2.05. The maximum absolute atomic E-state index is 8.99. The smallest absolute Gasteiger partial charge is 0.0447 e. The molecule has 0 saturated carbocycles. The van der Waals surface area contributed by atoms with Gasteiger partial charge in [0, 0.05) is 31.4 Å². The van der Waals surface area contributed by atoms with E-state index in [0.29, 0.717) is 12.6 Å². The summed E-state index contributed by atoms with van der Waals surface area (Å²) in [5.41, 5.74) is 9.47. The zero-order valence-electron chi connectivity index (χ0n) is 11.1. The van der Waals surface area contributed by atoms with Gasteiger partial charge in [0.05, 0.1) is 0 Å². The van der Waals surface area contributed by atoms with Crippen molar-refractivity contribution in [2.24, 2.45) is 5.73 Å². The van der Waals surface area contributed by atoms with Crippen LogP contribution in [0.25, 0.3) is 0 Å². The van der Waals surface area contributed by atoms with Crippen LogP contribution in [0.1, 0.15) is 31.4 Å². The SMILES string of the molecule is Cc1cccc(CN)c1N(CCCO)C(C)C. The number of anilines is 1. The van der Waals surface area contributed by atoms with Gasteiger partial charge in [-0.25, -0.2) is 0 Å². The van der Waals surface area contributed by atoms with Crippen molar-refractivity contribution in [3.8, 4) is 0 Å². The van der Waals surface area contributed by atoms with Gasteiger partial charge < -0.3 is 15.7 Å². The number of hydrogen-bond donors (Lipinski definition) is 2.